The van der Waals surface area contributed by atoms with Crippen molar-refractivity contribution in [1.82, 2.24) is 5.32 Å². The van der Waals surface area contributed by atoms with Crippen LogP contribution < -0.4 is 5.32 Å². The molecule has 0 spiro atoms. The SMILES string of the molecule is CCNCC(OCCC(C)C)c1ccccc1C. The Morgan fingerprint density at radius 2 is 1.94 bits per heavy atom. The molecule has 18 heavy (non-hydrogen) atoms. The minimum absolute atomic E-state index is 0.171. The van der Waals surface area contributed by atoms with Gasteiger partial charge in [0.25, 0.3) is 0 Å². The van der Waals surface area contributed by atoms with Gasteiger partial charge in [-0.1, -0.05) is 45.0 Å². The van der Waals surface area contributed by atoms with Crippen molar-refractivity contribution in [3.8, 4) is 0 Å². The van der Waals surface area contributed by atoms with E-state index in [1.807, 2.05) is 0 Å². The molecule has 0 aromatic heterocycles. The van der Waals surface area contributed by atoms with E-state index in [-0.39, 0.29) is 6.10 Å². The number of aryl methyl sites for hydroxylation is 1. The lowest BCUT2D eigenvalue weighted by Gasteiger charge is -2.21. The van der Waals surface area contributed by atoms with Crippen LogP contribution in [0.4, 0.5) is 0 Å². The van der Waals surface area contributed by atoms with Crippen LogP contribution in [0.5, 0.6) is 0 Å². The first-order chi connectivity index (χ1) is 8.65. The Hall–Kier alpha value is -0.860. The quantitative estimate of drug-likeness (QED) is 0.758. The fourth-order valence-electron chi connectivity index (χ4n) is 1.93. The van der Waals surface area contributed by atoms with Crippen LogP contribution in [0.3, 0.4) is 0 Å². The summed E-state index contributed by atoms with van der Waals surface area (Å²) in [5.74, 6) is 0.696. The molecule has 0 aliphatic rings. The molecule has 1 aromatic carbocycles. The third-order valence-corrected chi connectivity index (χ3v) is 3.13. The van der Waals surface area contributed by atoms with E-state index in [0.29, 0.717) is 5.92 Å². The third kappa shape index (κ3) is 5.19. The molecule has 0 fully saturated rings. The van der Waals surface area contributed by atoms with Gasteiger partial charge in [-0.3, -0.25) is 0 Å². The van der Waals surface area contributed by atoms with Gasteiger partial charge >= 0.3 is 0 Å². The van der Waals surface area contributed by atoms with Gasteiger partial charge in [0, 0.05) is 13.2 Å². The van der Waals surface area contributed by atoms with Gasteiger partial charge in [0.2, 0.25) is 0 Å². The summed E-state index contributed by atoms with van der Waals surface area (Å²) in [4.78, 5) is 0. The van der Waals surface area contributed by atoms with Crippen molar-refractivity contribution in [2.24, 2.45) is 5.92 Å². The van der Waals surface area contributed by atoms with Gasteiger partial charge in [-0.05, 0) is 36.9 Å². The Bertz CT molecular complexity index is 336. The third-order valence-electron chi connectivity index (χ3n) is 3.13. The number of ether oxygens (including phenoxy) is 1. The Morgan fingerprint density at radius 3 is 2.56 bits per heavy atom. The Labute approximate surface area is 112 Å². The molecule has 2 nitrogen and oxygen atoms in total. The maximum atomic E-state index is 6.06. The van der Waals surface area contributed by atoms with Crippen molar-refractivity contribution >= 4 is 0 Å². The first kappa shape index (κ1) is 15.2. The molecule has 0 bridgehead atoms. The molecule has 1 rings (SSSR count). The molecule has 1 atom stereocenters. The van der Waals surface area contributed by atoms with Gasteiger partial charge in [0.15, 0.2) is 0 Å². The fraction of sp³-hybridized carbons (Fsp3) is 0.625. The Balaban J connectivity index is 2.62. The van der Waals surface area contributed by atoms with Gasteiger partial charge in [-0.25, -0.2) is 0 Å². The lowest BCUT2D eigenvalue weighted by atomic mass is 10.0. The Morgan fingerprint density at radius 1 is 1.22 bits per heavy atom. The molecular weight excluding hydrogens is 222 g/mol. The van der Waals surface area contributed by atoms with Crippen molar-refractivity contribution in [2.45, 2.75) is 40.2 Å². The summed E-state index contributed by atoms with van der Waals surface area (Å²) in [6.07, 6.45) is 1.29. The molecule has 0 saturated heterocycles. The van der Waals surface area contributed by atoms with E-state index in [0.717, 1.165) is 26.1 Å². The topological polar surface area (TPSA) is 21.3 Å². The van der Waals surface area contributed by atoms with E-state index >= 15 is 0 Å². The summed E-state index contributed by atoms with van der Waals surface area (Å²) in [5, 5.41) is 3.39. The summed E-state index contributed by atoms with van der Waals surface area (Å²) in [5.41, 5.74) is 2.62. The number of hydrogen-bond donors (Lipinski definition) is 1. The summed E-state index contributed by atoms with van der Waals surface area (Å²) in [6.45, 7) is 11.5. The largest absolute Gasteiger partial charge is 0.372 e. The maximum Gasteiger partial charge on any atom is 0.0951 e. The molecule has 0 amide bonds. The van der Waals surface area contributed by atoms with Crippen LogP contribution in [0.15, 0.2) is 24.3 Å². The average Bonchev–Trinajstić information content (AvgIpc) is 2.34. The van der Waals surface area contributed by atoms with Crippen LogP contribution in [0, 0.1) is 12.8 Å². The first-order valence-electron chi connectivity index (χ1n) is 7.03. The highest BCUT2D eigenvalue weighted by Crippen LogP contribution is 2.21. The molecule has 0 aliphatic heterocycles. The van der Waals surface area contributed by atoms with Crippen LogP contribution >= 0.6 is 0 Å². The second kappa shape index (κ2) is 8.28. The van der Waals surface area contributed by atoms with Crippen molar-refractivity contribution in [1.29, 1.82) is 0 Å². The maximum absolute atomic E-state index is 6.06. The zero-order valence-corrected chi connectivity index (χ0v) is 12.2. The molecular formula is C16H27NO. The molecule has 0 saturated carbocycles. The number of rotatable bonds is 8. The van der Waals surface area contributed by atoms with Gasteiger partial charge in [-0.15, -0.1) is 0 Å². The highest BCUT2D eigenvalue weighted by molar-refractivity contribution is 5.28. The Kier molecular flexibility index (Phi) is 6.99. The predicted molar refractivity (Wildman–Crippen MR) is 77.9 cm³/mol. The highest BCUT2D eigenvalue weighted by Gasteiger charge is 2.13. The summed E-state index contributed by atoms with van der Waals surface area (Å²) in [6, 6.07) is 8.50. The van der Waals surface area contributed by atoms with Crippen LogP contribution in [-0.2, 0) is 4.74 Å². The van der Waals surface area contributed by atoms with E-state index in [4.69, 9.17) is 4.74 Å². The second-order valence-corrected chi connectivity index (χ2v) is 5.21. The lowest BCUT2D eigenvalue weighted by Crippen LogP contribution is -2.24. The van der Waals surface area contributed by atoms with Crippen molar-refractivity contribution in [2.75, 3.05) is 19.7 Å². The predicted octanol–water partition coefficient (Wildman–Crippen LogP) is 3.71. The van der Waals surface area contributed by atoms with Crippen LogP contribution in [-0.4, -0.2) is 19.7 Å². The van der Waals surface area contributed by atoms with Gasteiger partial charge in [0.05, 0.1) is 6.10 Å². The van der Waals surface area contributed by atoms with E-state index in [1.54, 1.807) is 0 Å². The van der Waals surface area contributed by atoms with Crippen molar-refractivity contribution in [3.05, 3.63) is 35.4 Å². The fourth-order valence-corrected chi connectivity index (χ4v) is 1.93. The van der Waals surface area contributed by atoms with Crippen LogP contribution in [0.25, 0.3) is 0 Å². The number of likely N-dealkylation sites (N-methyl/N-ethyl adjacent to an activating group) is 1. The smallest absolute Gasteiger partial charge is 0.0951 e. The number of hydrogen-bond acceptors (Lipinski definition) is 2. The summed E-state index contributed by atoms with van der Waals surface area (Å²) in [7, 11) is 0. The number of benzene rings is 1. The molecule has 102 valence electrons. The van der Waals surface area contributed by atoms with Crippen LogP contribution in [0.2, 0.25) is 0 Å². The van der Waals surface area contributed by atoms with E-state index in [9.17, 15) is 0 Å². The second-order valence-electron chi connectivity index (χ2n) is 5.21. The molecule has 2 heteroatoms. The summed E-state index contributed by atoms with van der Waals surface area (Å²) < 4.78 is 6.06. The average molecular weight is 249 g/mol. The molecule has 1 aromatic rings. The number of nitrogens with one attached hydrogen (secondary N) is 1. The zero-order chi connectivity index (χ0) is 13.4. The van der Waals surface area contributed by atoms with Crippen molar-refractivity contribution in [3.63, 3.8) is 0 Å². The van der Waals surface area contributed by atoms with Crippen molar-refractivity contribution < 1.29 is 4.74 Å². The minimum atomic E-state index is 0.171. The molecule has 0 heterocycles. The van der Waals surface area contributed by atoms with E-state index in [1.165, 1.54) is 11.1 Å². The lowest BCUT2D eigenvalue weighted by molar-refractivity contribution is 0.0457. The highest BCUT2D eigenvalue weighted by atomic mass is 16.5. The molecule has 1 unspecified atom stereocenters. The molecule has 0 aliphatic carbocycles. The minimum Gasteiger partial charge on any atom is -0.372 e. The standard InChI is InChI=1S/C16H27NO/c1-5-17-12-16(18-11-10-13(2)3)15-9-7-6-8-14(15)4/h6-9,13,16-17H,5,10-12H2,1-4H3. The molecule has 0 radical (unpaired) electrons. The van der Waals surface area contributed by atoms with Gasteiger partial charge < -0.3 is 10.1 Å². The summed E-state index contributed by atoms with van der Waals surface area (Å²) >= 11 is 0. The van der Waals surface area contributed by atoms with Gasteiger partial charge in [-0.2, -0.15) is 0 Å². The first-order valence-corrected chi connectivity index (χ1v) is 7.03. The normalized spacial score (nSPS) is 12.9. The molecule has 1 N–H and O–H groups in total. The van der Waals surface area contributed by atoms with Crippen LogP contribution in [0.1, 0.15) is 44.4 Å². The van der Waals surface area contributed by atoms with E-state index in [2.05, 4.69) is 57.3 Å². The monoisotopic (exact) mass is 249 g/mol. The van der Waals surface area contributed by atoms with E-state index < -0.39 is 0 Å². The zero-order valence-electron chi connectivity index (χ0n) is 12.2. The van der Waals surface area contributed by atoms with Gasteiger partial charge in [0.1, 0.15) is 0 Å².